The zero-order valence-corrected chi connectivity index (χ0v) is 17.3. The Bertz CT molecular complexity index is 1040. The van der Waals surface area contributed by atoms with Gasteiger partial charge in [-0.15, -0.1) is 11.3 Å². The van der Waals surface area contributed by atoms with E-state index in [0.717, 1.165) is 24.2 Å². The fourth-order valence-corrected chi connectivity index (χ4v) is 5.97. The first kappa shape index (κ1) is 23.5. The fourth-order valence-electron chi connectivity index (χ4n) is 3.00. The van der Waals surface area contributed by atoms with Crippen molar-refractivity contribution in [2.75, 3.05) is 13.1 Å². The van der Waals surface area contributed by atoms with Crippen LogP contribution in [-0.4, -0.2) is 31.7 Å². The largest absolute Gasteiger partial charge is 0.416 e. The molecule has 0 aliphatic carbocycles. The standard InChI is InChI=1S/C18H16F6N2O3S2/c19-17(20,21)12-7-11(8-13(9-12)18(22,23)24)16(27)25-10-14-3-4-15(30-14)31(28,29)26-5-1-2-6-26/h3-4,7-9H,1-2,5-6,10H2,(H,25,27). The fraction of sp³-hybridized carbons (Fsp3) is 0.389. The summed E-state index contributed by atoms with van der Waals surface area (Å²) in [5.74, 6) is -1.14. The number of amides is 1. The van der Waals surface area contributed by atoms with Gasteiger partial charge in [0, 0.05) is 23.5 Å². The first-order chi connectivity index (χ1) is 14.3. The van der Waals surface area contributed by atoms with Crippen LogP contribution in [0.15, 0.2) is 34.5 Å². The maximum absolute atomic E-state index is 12.9. The lowest BCUT2D eigenvalue weighted by molar-refractivity contribution is -0.143. The SMILES string of the molecule is O=C(NCc1ccc(S(=O)(=O)N2CCCC2)s1)c1cc(C(F)(F)F)cc(C(F)(F)F)c1. The molecule has 0 saturated carbocycles. The minimum Gasteiger partial charge on any atom is -0.347 e. The van der Waals surface area contributed by atoms with E-state index in [0.29, 0.717) is 30.1 Å². The molecule has 5 nitrogen and oxygen atoms in total. The lowest BCUT2D eigenvalue weighted by Gasteiger charge is -2.14. The molecule has 170 valence electrons. The quantitative estimate of drug-likeness (QED) is 0.633. The van der Waals surface area contributed by atoms with Crippen molar-refractivity contribution in [2.45, 2.75) is 35.9 Å². The second-order valence-corrected chi connectivity index (χ2v) is 10.1. The summed E-state index contributed by atoms with van der Waals surface area (Å²) >= 11 is 0.874. The Morgan fingerprint density at radius 2 is 1.52 bits per heavy atom. The van der Waals surface area contributed by atoms with Crippen molar-refractivity contribution in [3.63, 3.8) is 0 Å². The third kappa shape index (κ3) is 5.39. The van der Waals surface area contributed by atoms with Gasteiger partial charge in [-0.05, 0) is 43.2 Å². The lowest BCUT2D eigenvalue weighted by atomic mass is 10.0. The highest BCUT2D eigenvalue weighted by atomic mass is 32.2. The summed E-state index contributed by atoms with van der Waals surface area (Å²) in [5.41, 5.74) is -3.99. The van der Waals surface area contributed by atoms with E-state index in [2.05, 4.69) is 5.32 Å². The van der Waals surface area contributed by atoms with E-state index in [1.54, 1.807) is 0 Å². The van der Waals surface area contributed by atoms with Crippen molar-refractivity contribution in [3.8, 4) is 0 Å². The van der Waals surface area contributed by atoms with Crippen LogP contribution < -0.4 is 5.32 Å². The zero-order chi connectivity index (χ0) is 23.0. The second-order valence-electron chi connectivity index (χ2n) is 6.81. The van der Waals surface area contributed by atoms with E-state index in [-0.39, 0.29) is 16.8 Å². The zero-order valence-electron chi connectivity index (χ0n) is 15.7. The summed E-state index contributed by atoms with van der Waals surface area (Å²) in [6.45, 7) is 0.559. The summed E-state index contributed by atoms with van der Waals surface area (Å²) in [5, 5.41) is 2.24. The van der Waals surface area contributed by atoms with E-state index in [9.17, 15) is 39.6 Å². The molecule has 1 aliphatic rings. The van der Waals surface area contributed by atoms with Gasteiger partial charge in [0.05, 0.1) is 17.7 Å². The smallest absolute Gasteiger partial charge is 0.347 e. The molecule has 1 amide bonds. The number of benzene rings is 1. The Kier molecular flexibility index (Phi) is 6.40. The Balaban J connectivity index is 1.76. The topological polar surface area (TPSA) is 66.5 Å². The van der Waals surface area contributed by atoms with Crippen molar-refractivity contribution < 1.29 is 39.6 Å². The molecule has 0 atom stereocenters. The first-order valence-electron chi connectivity index (χ1n) is 8.95. The van der Waals surface area contributed by atoms with Crippen LogP contribution in [0.1, 0.15) is 39.2 Å². The van der Waals surface area contributed by atoms with E-state index in [4.69, 9.17) is 0 Å². The number of hydrogen-bond acceptors (Lipinski definition) is 4. The molecule has 31 heavy (non-hydrogen) atoms. The molecule has 0 radical (unpaired) electrons. The van der Waals surface area contributed by atoms with Crippen LogP contribution in [0.25, 0.3) is 0 Å². The maximum atomic E-state index is 12.9. The van der Waals surface area contributed by atoms with E-state index in [1.807, 2.05) is 0 Å². The summed E-state index contributed by atoms with van der Waals surface area (Å²) in [4.78, 5) is 12.6. The molecule has 2 aromatic rings. The molecular formula is C18H16F6N2O3S2. The molecule has 0 unspecified atom stereocenters. The molecular weight excluding hydrogens is 470 g/mol. The number of hydrogen-bond donors (Lipinski definition) is 1. The average Bonchev–Trinajstić information content (AvgIpc) is 3.36. The molecule has 13 heteroatoms. The minimum atomic E-state index is -5.07. The molecule has 3 rings (SSSR count). The number of thiophene rings is 1. The van der Waals surface area contributed by atoms with Crippen molar-refractivity contribution in [1.29, 1.82) is 0 Å². The number of carbonyl (C=O) groups is 1. The van der Waals surface area contributed by atoms with E-state index in [1.165, 1.54) is 16.4 Å². The van der Waals surface area contributed by atoms with Crippen LogP contribution in [0.5, 0.6) is 0 Å². The summed E-state index contributed by atoms with van der Waals surface area (Å²) < 4.78 is 104. The number of nitrogens with zero attached hydrogens (tertiary/aromatic N) is 1. The van der Waals surface area contributed by atoms with Gasteiger partial charge in [-0.2, -0.15) is 30.6 Å². The normalized spacial score (nSPS) is 15.9. The van der Waals surface area contributed by atoms with Crippen LogP contribution >= 0.6 is 11.3 Å². The van der Waals surface area contributed by atoms with Crippen LogP contribution in [0, 0.1) is 0 Å². The highest BCUT2D eigenvalue weighted by Gasteiger charge is 2.37. The number of rotatable bonds is 5. The summed E-state index contributed by atoms with van der Waals surface area (Å²) in [6, 6.07) is 3.39. The van der Waals surface area contributed by atoms with Gasteiger partial charge in [-0.25, -0.2) is 8.42 Å². The van der Waals surface area contributed by atoms with Crippen LogP contribution in [0.4, 0.5) is 26.3 Å². The molecule has 1 saturated heterocycles. The number of sulfonamides is 1. The van der Waals surface area contributed by atoms with E-state index >= 15 is 0 Å². The third-order valence-corrected chi connectivity index (χ3v) is 8.02. The van der Waals surface area contributed by atoms with Crippen molar-refractivity contribution in [1.82, 2.24) is 9.62 Å². The number of carbonyl (C=O) groups excluding carboxylic acids is 1. The van der Waals surface area contributed by atoms with E-state index < -0.39 is 45.0 Å². The highest BCUT2D eigenvalue weighted by Crippen LogP contribution is 2.36. The molecule has 1 fully saturated rings. The third-order valence-electron chi connectivity index (χ3n) is 4.57. The monoisotopic (exact) mass is 486 g/mol. The lowest BCUT2D eigenvalue weighted by Crippen LogP contribution is -2.27. The Morgan fingerprint density at radius 1 is 0.968 bits per heavy atom. The number of halogens is 6. The molecule has 1 aromatic heterocycles. The van der Waals surface area contributed by atoms with Gasteiger partial charge >= 0.3 is 12.4 Å². The summed E-state index contributed by atoms with van der Waals surface area (Å²) in [7, 11) is -3.66. The molecule has 1 N–H and O–H groups in total. The van der Waals surface area contributed by atoms with Gasteiger partial charge in [-0.3, -0.25) is 4.79 Å². The predicted octanol–water partition coefficient (Wildman–Crippen LogP) is 4.50. The molecule has 0 bridgehead atoms. The van der Waals surface area contributed by atoms with Crippen molar-refractivity contribution in [2.24, 2.45) is 0 Å². The first-order valence-corrected chi connectivity index (χ1v) is 11.2. The van der Waals surface area contributed by atoms with Crippen molar-refractivity contribution in [3.05, 3.63) is 51.9 Å². The van der Waals surface area contributed by atoms with Gasteiger partial charge in [0.1, 0.15) is 4.21 Å². The molecule has 2 heterocycles. The van der Waals surface area contributed by atoms with Crippen LogP contribution in [0.2, 0.25) is 0 Å². The Hall–Kier alpha value is -2.12. The van der Waals surface area contributed by atoms with Gasteiger partial charge in [-0.1, -0.05) is 0 Å². The molecule has 0 spiro atoms. The van der Waals surface area contributed by atoms with Crippen LogP contribution in [-0.2, 0) is 28.9 Å². The van der Waals surface area contributed by atoms with Crippen molar-refractivity contribution >= 4 is 27.3 Å². The molecule has 1 aliphatic heterocycles. The Morgan fingerprint density at radius 3 is 2.03 bits per heavy atom. The summed E-state index contributed by atoms with van der Waals surface area (Å²) in [6.07, 6.45) is -8.62. The van der Waals surface area contributed by atoms with Gasteiger partial charge in [0.25, 0.3) is 15.9 Å². The maximum Gasteiger partial charge on any atom is 0.416 e. The highest BCUT2D eigenvalue weighted by molar-refractivity contribution is 7.91. The number of alkyl halides is 6. The Labute approximate surface area is 177 Å². The number of nitrogens with one attached hydrogen (secondary N) is 1. The predicted molar refractivity (Wildman–Crippen MR) is 99.9 cm³/mol. The second kappa shape index (κ2) is 8.43. The average molecular weight is 486 g/mol. The van der Waals surface area contributed by atoms with Gasteiger partial charge in [0.2, 0.25) is 0 Å². The van der Waals surface area contributed by atoms with Crippen LogP contribution in [0.3, 0.4) is 0 Å². The minimum absolute atomic E-state index is 0.0528. The van der Waals surface area contributed by atoms with Gasteiger partial charge in [0.15, 0.2) is 0 Å². The van der Waals surface area contributed by atoms with Gasteiger partial charge < -0.3 is 5.32 Å². The molecule has 1 aromatic carbocycles.